The van der Waals surface area contributed by atoms with E-state index < -0.39 is 0 Å². The van der Waals surface area contributed by atoms with Gasteiger partial charge in [-0.2, -0.15) is 0 Å². The summed E-state index contributed by atoms with van der Waals surface area (Å²) < 4.78 is 0. The molecule has 1 saturated carbocycles. The molecule has 0 aromatic heterocycles. The summed E-state index contributed by atoms with van der Waals surface area (Å²) in [6.45, 7) is 3.43. The minimum absolute atomic E-state index is 0.0460. The highest BCUT2D eigenvalue weighted by molar-refractivity contribution is 5.79. The number of primary amides is 1. The molecule has 2 aliphatic rings. The van der Waals surface area contributed by atoms with Gasteiger partial charge in [0.15, 0.2) is 0 Å². The van der Waals surface area contributed by atoms with Crippen LogP contribution in [0.5, 0.6) is 0 Å². The Kier molecular flexibility index (Phi) is 4.66. The molecule has 0 radical (unpaired) electrons. The van der Waals surface area contributed by atoms with Gasteiger partial charge in [-0.1, -0.05) is 19.8 Å². The average molecular weight is 267 g/mol. The number of nitrogens with zero attached hydrogens (tertiary/aromatic N) is 1. The van der Waals surface area contributed by atoms with Gasteiger partial charge in [0.1, 0.15) is 0 Å². The molecular formula is C14H25N3O2. The van der Waals surface area contributed by atoms with Crippen molar-refractivity contribution < 1.29 is 9.59 Å². The minimum Gasteiger partial charge on any atom is -0.353 e. The van der Waals surface area contributed by atoms with Crippen LogP contribution in [0.15, 0.2) is 0 Å². The molecule has 1 heterocycles. The smallest absolute Gasteiger partial charge is 0.314 e. The van der Waals surface area contributed by atoms with Crippen LogP contribution in [-0.2, 0) is 4.79 Å². The Balaban J connectivity index is 1.79. The van der Waals surface area contributed by atoms with E-state index in [0.29, 0.717) is 25.0 Å². The van der Waals surface area contributed by atoms with E-state index in [-0.39, 0.29) is 17.9 Å². The van der Waals surface area contributed by atoms with Gasteiger partial charge in [0.25, 0.3) is 0 Å². The number of likely N-dealkylation sites (tertiary alicyclic amines) is 1. The van der Waals surface area contributed by atoms with E-state index in [1.54, 1.807) is 4.90 Å². The van der Waals surface area contributed by atoms with E-state index in [1.807, 2.05) is 0 Å². The quantitative estimate of drug-likeness (QED) is 0.795. The molecule has 2 fully saturated rings. The average Bonchev–Trinajstić information content (AvgIpc) is 2.41. The Morgan fingerprint density at radius 1 is 1.11 bits per heavy atom. The summed E-state index contributed by atoms with van der Waals surface area (Å²) in [5.74, 6) is 0.802. The number of hydrogen-bond acceptors (Lipinski definition) is 2. The van der Waals surface area contributed by atoms with Crippen molar-refractivity contribution in [3.63, 3.8) is 0 Å². The highest BCUT2D eigenvalue weighted by atomic mass is 16.2. The second kappa shape index (κ2) is 6.26. The van der Waals surface area contributed by atoms with Crippen molar-refractivity contribution in [2.45, 2.75) is 51.5 Å². The molecule has 5 nitrogen and oxygen atoms in total. The number of nitrogens with two attached hydrogens (primary N) is 1. The second-order valence-corrected chi connectivity index (χ2v) is 5.98. The van der Waals surface area contributed by atoms with Gasteiger partial charge < -0.3 is 16.0 Å². The van der Waals surface area contributed by atoms with Crippen LogP contribution in [0.4, 0.5) is 4.79 Å². The number of rotatable bonds is 2. The fourth-order valence-electron chi connectivity index (χ4n) is 3.19. The van der Waals surface area contributed by atoms with Gasteiger partial charge in [-0.15, -0.1) is 0 Å². The molecule has 1 saturated heterocycles. The van der Waals surface area contributed by atoms with E-state index in [4.69, 9.17) is 5.73 Å². The molecule has 3 amide bonds. The molecular weight excluding hydrogens is 242 g/mol. The number of nitrogens with one attached hydrogen (secondary N) is 1. The van der Waals surface area contributed by atoms with Crippen molar-refractivity contribution in [1.82, 2.24) is 10.2 Å². The molecule has 108 valence electrons. The molecule has 1 aliphatic heterocycles. The number of urea groups is 1. The fourth-order valence-corrected chi connectivity index (χ4v) is 3.19. The van der Waals surface area contributed by atoms with Gasteiger partial charge in [-0.3, -0.25) is 4.79 Å². The fraction of sp³-hybridized carbons (Fsp3) is 0.857. The number of carbonyl (C=O) groups is 2. The van der Waals surface area contributed by atoms with Crippen molar-refractivity contribution in [1.29, 1.82) is 0 Å². The Morgan fingerprint density at radius 2 is 1.74 bits per heavy atom. The lowest BCUT2D eigenvalue weighted by molar-refractivity contribution is -0.127. The van der Waals surface area contributed by atoms with Crippen LogP contribution in [0.2, 0.25) is 0 Å². The predicted molar refractivity (Wildman–Crippen MR) is 73.4 cm³/mol. The molecule has 0 aromatic rings. The lowest BCUT2D eigenvalue weighted by atomic mass is 9.85. The monoisotopic (exact) mass is 267 g/mol. The van der Waals surface area contributed by atoms with Crippen molar-refractivity contribution in [3.05, 3.63) is 0 Å². The zero-order chi connectivity index (χ0) is 13.8. The van der Waals surface area contributed by atoms with Crippen LogP contribution in [0.25, 0.3) is 0 Å². The molecule has 3 N–H and O–H groups in total. The van der Waals surface area contributed by atoms with Crippen LogP contribution >= 0.6 is 0 Å². The summed E-state index contributed by atoms with van der Waals surface area (Å²) >= 11 is 0. The zero-order valence-electron chi connectivity index (χ0n) is 11.7. The van der Waals surface area contributed by atoms with Gasteiger partial charge in [0.2, 0.25) is 5.91 Å². The molecule has 0 unspecified atom stereocenters. The maximum Gasteiger partial charge on any atom is 0.314 e. The first-order valence-electron chi connectivity index (χ1n) is 7.42. The largest absolute Gasteiger partial charge is 0.353 e. The van der Waals surface area contributed by atoms with Gasteiger partial charge >= 0.3 is 6.03 Å². The number of carbonyl (C=O) groups excluding carboxylic acids is 2. The van der Waals surface area contributed by atoms with Crippen molar-refractivity contribution in [3.8, 4) is 0 Å². The Labute approximate surface area is 114 Å². The number of piperidine rings is 1. The lowest BCUT2D eigenvalue weighted by Crippen LogP contribution is -2.48. The summed E-state index contributed by atoms with van der Waals surface area (Å²) in [7, 11) is 0. The van der Waals surface area contributed by atoms with Crippen molar-refractivity contribution in [2.75, 3.05) is 13.1 Å². The minimum atomic E-state index is -0.375. The predicted octanol–water partition coefficient (Wildman–Crippen LogP) is 1.47. The van der Waals surface area contributed by atoms with Crippen LogP contribution in [0.3, 0.4) is 0 Å². The third-order valence-electron chi connectivity index (χ3n) is 4.62. The third kappa shape index (κ3) is 3.61. The lowest BCUT2D eigenvalue weighted by Gasteiger charge is -2.33. The SMILES string of the molecule is C[C@@H]1CCCC[C@@H]1NC(=O)C1CCN(C(N)=O)CC1. The van der Waals surface area contributed by atoms with E-state index in [0.717, 1.165) is 19.3 Å². The highest BCUT2D eigenvalue weighted by Crippen LogP contribution is 2.25. The molecule has 0 bridgehead atoms. The Morgan fingerprint density at radius 3 is 2.32 bits per heavy atom. The molecule has 5 heteroatoms. The number of amides is 3. The van der Waals surface area contributed by atoms with Crippen LogP contribution in [0, 0.1) is 11.8 Å². The van der Waals surface area contributed by atoms with E-state index in [1.165, 1.54) is 19.3 Å². The topological polar surface area (TPSA) is 75.4 Å². The molecule has 2 rings (SSSR count). The molecule has 19 heavy (non-hydrogen) atoms. The van der Waals surface area contributed by atoms with Crippen LogP contribution < -0.4 is 11.1 Å². The highest BCUT2D eigenvalue weighted by Gasteiger charge is 2.29. The summed E-state index contributed by atoms with van der Waals surface area (Å²) in [6.07, 6.45) is 6.28. The first-order chi connectivity index (χ1) is 9.08. The Bertz CT molecular complexity index is 338. The van der Waals surface area contributed by atoms with E-state index in [9.17, 15) is 9.59 Å². The molecule has 0 spiro atoms. The summed E-state index contributed by atoms with van der Waals surface area (Å²) in [4.78, 5) is 24.9. The van der Waals surface area contributed by atoms with Crippen molar-refractivity contribution >= 4 is 11.9 Å². The first-order valence-corrected chi connectivity index (χ1v) is 7.42. The van der Waals surface area contributed by atoms with Crippen LogP contribution in [-0.4, -0.2) is 36.0 Å². The molecule has 1 aliphatic carbocycles. The molecule has 0 aromatic carbocycles. The number of hydrogen-bond donors (Lipinski definition) is 2. The summed E-state index contributed by atoms with van der Waals surface area (Å²) in [5.41, 5.74) is 5.24. The van der Waals surface area contributed by atoms with Gasteiger partial charge in [0.05, 0.1) is 0 Å². The Hall–Kier alpha value is -1.26. The van der Waals surface area contributed by atoms with E-state index in [2.05, 4.69) is 12.2 Å². The van der Waals surface area contributed by atoms with Crippen LogP contribution in [0.1, 0.15) is 45.4 Å². The zero-order valence-corrected chi connectivity index (χ0v) is 11.7. The summed E-state index contributed by atoms with van der Waals surface area (Å²) in [6, 6.07) is -0.0322. The second-order valence-electron chi connectivity index (χ2n) is 5.98. The third-order valence-corrected chi connectivity index (χ3v) is 4.62. The van der Waals surface area contributed by atoms with Gasteiger partial charge in [0, 0.05) is 25.0 Å². The first kappa shape index (κ1) is 14.2. The standard InChI is InChI=1S/C14H25N3O2/c1-10-4-2-3-5-12(10)16-13(18)11-6-8-17(9-7-11)14(15)19/h10-12H,2-9H2,1H3,(H2,15,19)(H,16,18)/t10-,12+/m1/s1. The summed E-state index contributed by atoms with van der Waals surface area (Å²) in [5, 5.41) is 3.21. The van der Waals surface area contributed by atoms with Gasteiger partial charge in [-0.25, -0.2) is 4.79 Å². The van der Waals surface area contributed by atoms with Gasteiger partial charge in [-0.05, 0) is 31.6 Å². The normalized spacial score (nSPS) is 29.0. The maximum atomic E-state index is 12.2. The van der Waals surface area contributed by atoms with E-state index >= 15 is 0 Å². The maximum absolute atomic E-state index is 12.2. The molecule has 2 atom stereocenters. The van der Waals surface area contributed by atoms with Crippen molar-refractivity contribution in [2.24, 2.45) is 17.6 Å².